The third-order valence-corrected chi connectivity index (χ3v) is 6.39. The molecule has 0 saturated carbocycles. The van der Waals surface area contributed by atoms with Crippen molar-refractivity contribution in [3.8, 4) is 23.0 Å². The number of fused-ring (bicyclic) bond motifs is 2. The summed E-state index contributed by atoms with van der Waals surface area (Å²) in [5, 5.41) is 4.40. The number of hydrogen-bond donors (Lipinski definition) is 0. The van der Waals surface area contributed by atoms with Gasteiger partial charge in [0.05, 0.1) is 18.2 Å². The molecule has 8 nitrogen and oxygen atoms in total. The fourth-order valence-electron chi connectivity index (χ4n) is 3.58. The zero-order valence-corrected chi connectivity index (χ0v) is 20.0. The number of nitrogens with zero attached hydrogens (tertiary/aromatic N) is 3. The molecule has 1 unspecified atom stereocenters. The van der Waals surface area contributed by atoms with Gasteiger partial charge < -0.3 is 18.9 Å². The maximum Gasteiger partial charge on any atom is 0.291 e. The summed E-state index contributed by atoms with van der Waals surface area (Å²) in [5.41, 5.74) is 0.600. The van der Waals surface area contributed by atoms with Gasteiger partial charge in [-0.1, -0.05) is 43.4 Å². The van der Waals surface area contributed by atoms with Gasteiger partial charge in [0.15, 0.2) is 34.9 Å². The van der Waals surface area contributed by atoms with Gasteiger partial charge in [0.1, 0.15) is 6.61 Å². The number of hydrogen-bond acceptors (Lipinski definition) is 8. The Morgan fingerprint density at radius 2 is 2.03 bits per heavy atom. The quantitative estimate of drug-likeness (QED) is 0.400. The molecule has 0 radical (unpaired) electrons. The van der Waals surface area contributed by atoms with Crippen molar-refractivity contribution in [2.45, 2.75) is 26.4 Å². The molecule has 2 aromatic carbocycles. The Kier molecular flexibility index (Phi) is 6.10. The Hall–Kier alpha value is -3.59. The number of thiazole rings is 1. The van der Waals surface area contributed by atoms with Crippen molar-refractivity contribution in [1.82, 2.24) is 14.6 Å². The minimum absolute atomic E-state index is 0.230. The number of rotatable bonds is 7. The number of methoxy groups -OCH3 is 1. The molecular weight excluding hydrogens is 454 g/mol. The van der Waals surface area contributed by atoms with Crippen LogP contribution in [0.3, 0.4) is 0 Å². The Balaban J connectivity index is 1.38. The molecule has 1 atom stereocenters. The predicted molar refractivity (Wildman–Crippen MR) is 129 cm³/mol. The number of ether oxygens (including phenoxy) is 4. The van der Waals surface area contributed by atoms with E-state index in [1.165, 1.54) is 15.9 Å². The van der Waals surface area contributed by atoms with Gasteiger partial charge in [-0.25, -0.2) is 0 Å². The summed E-state index contributed by atoms with van der Waals surface area (Å²) in [4.78, 5) is 18.0. The highest BCUT2D eigenvalue weighted by atomic mass is 32.1. The Morgan fingerprint density at radius 1 is 1.21 bits per heavy atom. The molecule has 4 aromatic rings. The van der Waals surface area contributed by atoms with Crippen molar-refractivity contribution in [3.63, 3.8) is 0 Å². The molecule has 2 aromatic heterocycles. The van der Waals surface area contributed by atoms with E-state index in [1.54, 1.807) is 13.2 Å². The van der Waals surface area contributed by atoms with Crippen molar-refractivity contribution in [3.05, 3.63) is 68.7 Å². The highest BCUT2D eigenvalue weighted by Gasteiger charge is 2.27. The van der Waals surface area contributed by atoms with E-state index in [0.29, 0.717) is 50.8 Å². The summed E-state index contributed by atoms with van der Waals surface area (Å²) in [5.74, 6) is 3.63. The lowest BCUT2D eigenvalue weighted by molar-refractivity contribution is 0.0852. The van der Waals surface area contributed by atoms with Crippen molar-refractivity contribution in [2.24, 2.45) is 5.92 Å². The summed E-state index contributed by atoms with van der Waals surface area (Å²) in [6, 6.07) is 13.1. The predicted octanol–water partition coefficient (Wildman–Crippen LogP) is 3.64. The fraction of sp³-hybridized carbons (Fsp3) is 0.320. The minimum atomic E-state index is -0.471. The highest BCUT2D eigenvalue weighted by Crippen LogP contribution is 2.35. The summed E-state index contributed by atoms with van der Waals surface area (Å²) in [6.45, 7) is 5.22. The van der Waals surface area contributed by atoms with E-state index in [0.717, 1.165) is 12.0 Å². The lowest BCUT2D eigenvalue weighted by atomic mass is 10.1. The number of para-hydroxylation sites is 2. The van der Waals surface area contributed by atoms with E-state index in [1.807, 2.05) is 42.5 Å². The molecule has 0 fully saturated rings. The Morgan fingerprint density at radius 3 is 2.79 bits per heavy atom. The third kappa shape index (κ3) is 4.43. The summed E-state index contributed by atoms with van der Waals surface area (Å²) in [6.07, 6.45) is 2.30. The van der Waals surface area contributed by atoms with Gasteiger partial charge in [-0.3, -0.25) is 4.79 Å². The Labute approximate surface area is 200 Å². The SMILES string of the molecule is COc1cc(/C=c2\sc3nc(C4COc5ccccc5O4)nn3c2=O)ccc1OCCC(C)C. The van der Waals surface area contributed by atoms with Gasteiger partial charge in [0, 0.05) is 0 Å². The standard InChI is InChI=1S/C25H25N3O5S/c1-15(2)10-11-31-18-9-8-16(12-20(18)30-3)13-22-24(29)28-25(34-22)26-23(27-28)21-14-32-17-6-4-5-7-19(17)33-21/h4-9,12-13,15,21H,10-11,14H2,1-3H3/b22-13-. The van der Waals surface area contributed by atoms with E-state index in [-0.39, 0.29) is 12.2 Å². The topological polar surface area (TPSA) is 84.2 Å². The average molecular weight is 480 g/mol. The second-order valence-electron chi connectivity index (χ2n) is 8.39. The summed E-state index contributed by atoms with van der Waals surface area (Å²) in [7, 11) is 1.60. The van der Waals surface area contributed by atoms with Crippen LogP contribution in [0.5, 0.6) is 23.0 Å². The first-order valence-electron chi connectivity index (χ1n) is 11.1. The van der Waals surface area contributed by atoms with Crippen LogP contribution in [0.15, 0.2) is 47.3 Å². The molecule has 0 aliphatic carbocycles. The number of aromatic nitrogens is 3. The molecule has 5 rings (SSSR count). The molecule has 9 heteroatoms. The molecule has 0 bridgehead atoms. The largest absolute Gasteiger partial charge is 0.493 e. The normalized spacial score (nSPS) is 15.8. The summed E-state index contributed by atoms with van der Waals surface area (Å²) < 4.78 is 24.9. The highest BCUT2D eigenvalue weighted by molar-refractivity contribution is 7.15. The lowest BCUT2D eigenvalue weighted by Gasteiger charge is -2.24. The molecular formula is C25H25N3O5S. The van der Waals surface area contributed by atoms with Gasteiger partial charge in [-0.2, -0.15) is 9.50 Å². The fourth-order valence-corrected chi connectivity index (χ4v) is 4.50. The van der Waals surface area contributed by atoms with Crippen molar-refractivity contribution >= 4 is 22.4 Å². The molecule has 1 aliphatic rings. The monoisotopic (exact) mass is 479 g/mol. The number of benzene rings is 2. The van der Waals surface area contributed by atoms with E-state index in [9.17, 15) is 4.79 Å². The van der Waals surface area contributed by atoms with Gasteiger partial charge in [0.25, 0.3) is 5.56 Å². The van der Waals surface area contributed by atoms with Gasteiger partial charge >= 0.3 is 0 Å². The minimum Gasteiger partial charge on any atom is -0.493 e. The molecule has 0 N–H and O–H groups in total. The molecule has 0 saturated heterocycles. The second kappa shape index (κ2) is 9.34. The van der Waals surface area contributed by atoms with Crippen molar-refractivity contribution in [1.29, 1.82) is 0 Å². The van der Waals surface area contributed by atoms with Crippen LogP contribution in [0.4, 0.5) is 0 Å². The molecule has 34 heavy (non-hydrogen) atoms. The zero-order valence-electron chi connectivity index (χ0n) is 19.2. The molecule has 3 heterocycles. The van der Waals surface area contributed by atoms with Crippen LogP contribution in [0, 0.1) is 5.92 Å². The van der Waals surface area contributed by atoms with Crippen LogP contribution in [-0.4, -0.2) is 34.9 Å². The first-order valence-corrected chi connectivity index (χ1v) is 11.9. The van der Waals surface area contributed by atoms with Crippen molar-refractivity contribution in [2.75, 3.05) is 20.3 Å². The van der Waals surface area contributed by atoms with Crippen molar-refractivity contribution < 1.29 is 18.9 Å². The van der Waals surface area contributed by atoms with Crippen LogP contribution in [-0.2, 0) is 0 Å². The van der Waals surface area contributed by atoms with Crippen LogP contribution >= 0.6 is 11.3 Å². The molecule has 0 amide bonds. The van der Waals surface area contributed by atoms with Crippen LogP contribution in [0.2, 0.25) is 0 Å². The Bertz CT molecular complexity index is 1430. The van der Waals surface area contributed by atoms with Crippen LogP contribution in [0.25, 0.3) is 11.0 Å². The first-order chi connectivity index (χ1) is 16.5. The van der Waals surface area contributed by atoms with Crippen LogP contribution in [0.1, 0.15) is 37.8 Å². The van der Waals surface area contributed by atoms with Crippen LogP contribution < -0.4 is 29.0 Å². The second-order valence-corrected chi connectivity index (χ2v) is 9.39. The zero-order chi connectivity index (χ0) is 23.7. The maximum atomic E-state index is 13.0. The third-order valence-electron chi connectivity index (χ3n) is 5.43. The maximum absolute atomic E-state index is 13.0. The first kappa shape index (κ1) is 22.2. The van der Waals surface area contributed by atoms with Gasteiger partial charge in [-0.05, 0) is 48.2 Å². The smallest absolute Gasteiger partial charge is 0.291 e. The lowest BCUT2D eigenvalue weighted by Crippen LogP contribution is -2.26. The van der Waals surface area contributed by atoms with E-state index < -0.39 is 6.10 Å². The molecule has 0 spiro atoms. The van der Waals surface area contributed by atoms with E-state index in [4.69, 9.17) is 18.9 Å². The van der Waals surface area contributed by atoms with E-state index in [2.05, 4.69) is 23.9 Å². The van der Waals surface area contributed by atoms with Gasteiger partial charge in [0.2, 0.25) is 4.96 Å². The summed E-state index contributed by atoms with van der Waals surface area (Å²) >= 11 is 1.28. The van der Waals surface area contributed by atoms with E-state index >= 15 is 0 Å². The molecule has 176 valence electrons. The molecule has 1 aliphatic heterocycles. The average Bonchev–Trinajstić information content (AvgIpc) is 3.38. The van der Waals surface area contributed by atoms with Gasteiger partial charge in [-0.15, -0.1) is 5.10 Å².